The molecule has 1 aromatic heterocycles. The molecule has 1 aromatic rings. The highest BCUT2D eigenvalue weighted by molar-refractivity contribution is 5.38. The summed E-state index contributed by atoms with van der Waals surface area (Å²) in [5.74, 6) is 0. The van der Waals surface area contributed by atoms with Crippen LogP contribution < -0.4 is 11.1 Å². The number of nitrogens with one attached hydrogen (secondary N) is 1. The minimum absolute atomic E-state index is 0.0187. The first-order valence-electron chi connectivity index (χ1n) is 4.19. The van der Waals surface area contributed by atoms with Crippen molar-refractivity contribution < 1.29 is 4.74 Å². The van der Waals surface area contributed by atoms with Crippen molar-refractivity contribution in [1.29, 1.82) is 0 Å². The lowest BCUT2D eigenvalue weighted by atomic mass is 10.3. The van der Waals surface area contributed by atoms with Crippen LogP contribution in [0.25, 0.3) is 0 Å². The van der Waals surface area contributed by atoms with Gasteiger partial charge in [0.15, 0.2) is 0 Å². The maximum Gasteiger partial charge on any atom is 0.0726 e. The zero-order valence-electron chi connectivity index (χ0n) is 8.03. The van der Waals surface area contributed by atoms with Crippen LogP contribution in [0.4, 0.5) is 5.69 Å². The van der Waals surface area contributed by atoms with E-state index in [1.54, 1.807) is 18.0 Å². The van der Waals surface area contributed by atoms with Crippen LogP contribution in [0.15, 0.2) is 12.4 Å². The summed E-state index contributed by atoms with van der Waals surface area (Å²) >= 11 is 0. The Bertz CT molecular complexity index is 248. The number of hydrogen-bond acceptors (Lipinski definition) is 4. The first-order chi connectivity index (χ1) is 6.22. The molecule has 0 saturated heterocycles. The van der Waals surface area contributed by atoms with Gasteiger partial charge in [0.05, 0.1) is 18.5 Å². The first-order valence-corrected chi connectivity index (χ1v) is 4.19. The van der Waals surface area contributed by atoms with E-state index in [2.05, 4.69) is 10.4 Å². The number of methoxy groups -OCH3 is 1. The van der Waals surface area contributed by atoms with E-state index < -0.39 is 0 Å². The van der Waals surface area contributed by atoms with Gasteiger partial charge in [-0.1, -0.05) is 0 Å². The van der Waals surface area contributed by atoms with Crippen molar-refractivity contribution in [3.63, 3.8) is 0 Å². The van der Waals surface area contributed by atoms with E-state index in [0.29, 0.717) is 13.2 Å². The Balaban J connectivity index is 2.26. The molecule has 0 aliphatic carbocycles. The fourth-order valence-electron chi connectivity index (χ4n) is 1.03. The Morgan fingerprint density at radius 1 is 1.77 bits per heavy atom. The number of aromatic nitrogens is 2. The molecule has 1 rings (SSSR count). The Hall–Kier alpha value is -1.07. The standard InChI is InChI=1S/C8H16N4O/c1-12-5-8(4-11-12)10-3-7(9)6-13-2/h4-5,7,10H,3,6,9H2,1-2H3. The summed E-state index contributed by atoms with van der Waals surface area (Å²) in [7, 11) is 3.52. The van der Waals surface area contributed by atoms with E-state index in [0.717, 1.165) is 5.69 Å². The van der Waals surface area contributed by atoms with Gasteiger partial charge in [0.2, 0.25) is 0 Å². The predicted octanol–water partition coefficient (Wildman–Crippen LogP) is -0.194. The van der Waals surface area contributed by atoms with Gasteiger partial charge in [-0.25, -0.2) is 0 Å². The quantitative estimate of drug-likeness (QED) is 0.665. The van der Waals surface area contributed by atoms with Crippen molar-refractivity contribution in [2.75, 3.05) is 25.6 Å². The molecule has 0 saturated carbocycles. The molecule has 1 atom stereocenters. The van der Waals surface area contributed by atoms with Crippen molar-refractivity contribution in [2.24, 2.45) is 12.8 Å². The molecule has 0 amide bonds. The molecule has 0 aromatic carbocycles. The van der Waals surface area contributed by atoms with Gasteiger partial charge in [-0.15, -0.1) is 0 Å². The molecule has 0 aliphatic heterocycles. The van der Waals surface area contributed by atoms with Crippen LogP contribution in [-0.4, -0.2) is 36.1 Å². The van der Waals surface area contributed by atoms with Crippen molar-refractivity contribution in [3.05, 3.63) is 12.4 Å². The second kappa shape index (κ2) is 4.84. The molecule has 5 nitrogen and oxygen atoms in total. The highest BCUT2D eigenvalue weighted by atomic mass is 16.5. The van der Waals surface area contributed by atoms with Crippen molar-refractivity contribution in [2.45, 2.75) is 6.04 Å². The highest BCUT2D eigenvalue weighted by Gasteiger charge is 2.01. The summed E-state index contributed by atoms with van der Waals surface area (Å²) in [4.78, 5) is 0. The number of nitrogens with two attached hydrogens (primary N) is 1. The number of hydrogen-bond donors (Lipinski definition) is 2. The van der Waals surface area contributed by atoms with Crippen LogP contribution in [0.1, 0.15) is 0 Å². The largest absolute Gasteiger partial charge is 0.383 e. The summed E-state index contributed by atoms with van der Waals surface area (Å²) in [6.45, 7) is 1.26. The Morgan fingerprint density at radius 2 is 2.54 bits per heavy atom. The second-order valence-corrected chi connectivity index (χ2v) is 3.00. The Morgan fingerprint density at radius 3 is 3.08 bits per heavy atom. The summed E-state index contributed by atoms with van der Waals surface area (Å²) in [5, 5.41) is 7.18. The van der Waals surface area contributed by atoms with Gasteiger partial charge in [0.25, 0.3) is 0 Å². The molecular formula is C8H16N4O. The lowest BCUT2D eigenvalue weighted by Gasteiger charge is -2.10. The van der Waals surface area contributed by atoms with Gasteiger partial charge < -0.3 is 15.8 Å². The van der Waals surface area contributed by atoms with Gasteiger partial charge in [0, 0.05) is 32.9 Å². The van der Waals surface area contributed by atoms with E-state index in [4.69, 9.17) is 10.5 Å². The molecule has 3 N–H and O–H groups in total. The van der Waals surface area contributed by atoms with Crippen LogP contribution in [0.3, 0.4) is 0 Å². The third-order valence-corrected chi connectivity index (χ3v) is 1.65. The minimum Gasteiger partial charge on any atom is -0.383 e. The summed E-state index contributed by atoms with van der Waals surface area (Å²) in [6.07, 6.45) is 3.67. The molecule has 1 heterocycles. The average molecular weight is 184 g/mol. The third-order valence-electron chi connectivity index (χ3n) is 1.65. The SMILES string of the molecule is COCC(N)CNc1cnn(C)c1. The third kappa shape index (κ3) is 3.43. The van der Waals surface area contributed by atoms with Crippen LogP contribution >= 0.6 is 0 Å². The molecule has 0 radical (unpaired) electrons. The van der Waals surface area contributed by atoms with Crippen LogP contribution in [-0.2, 0) is 11.8 Å². The van der Waals surface area contributed by atoms with Crippen LogP contribution in [0.5, 0.6) is 0 Å². The molecule has 5 heteroatoms. The number of nitrogens with zero attached hydrogens (tertiary/aromatic N) is 2. The highest BCUT2D eigenvalue weighted by Crippen LogP contribution is 2.02. The minimum atomic E-state index is 0.0187. The van der Waals surface area contributed by atoms with E-state index in [9.17, 15) is 0 Å². The normalized spacial score (nSPS) is 12.8. The summed E-state index contributed by atoms with van der Waals surface area (Å²) in [5.41, 5.74) is 6.70. The molecule has 74 valence electrons. The van der Waals surface area contributed by atoms with E-state index in [1.807, 2.05) is 13.2 Å². The maximum absolute atomic E-state index is 5.72. The zero-order chi connectivity index (χ0) is 9.68. The number of anilines is 1. The first kappa shape index (κ1) is 10.0. The van der Waals surface area contributed by atoms with E-state index in [-0.39, 0.29) is 6.04 Å². The van der Waals surface area contributed by atoms with Crippen molar-refractivity contribution >= 4 is 5.69 Å². The number of rotatable bonds is 5. The van der Waals surface area contributed by atoms with Crippen molar-refractivity contribution in [1.82, 2.24) is 9.78 Å². The molecule has 0 fully saturated rings. The molecule has 13 heavy (non-hydrogen) atoms. The molecule has 0 aliphatic rings. The Kier molecular flexibility index (Phi) is 3.72. The van der Waals surface area contributed by atoms with Crippen LogP contribution in [0.2, 0.25) is 0 Å². The topological polar surface area (TPSA) is 65.1 Å². The predicted molar refractivity (Wildman–Crippen MR) is 51.5 cm³/mol. The fraction of sp³-hybridized carbons (Fsp3) is 0.625. The summed E-state index contributed by atoms with van der Waals surface area (Å²) < 4.78 is 6.65. The second-order valence-electron chi connectivity index (χ2n) is 3.00. The smallest absolute Gasteiger partial charge is 0.0726 e. The fourth-order valence-corrected chi connectivity index (χ4v) is 1.03. The van der Waals surface area contributed by atoms with E-state index >= 15 is 0 Å². The van der Waals surface area contributed by atoms with Crippen molar-refractivity contribution in [3.8, 4) is 0 Å². The van der Waals surface area contributed by atoms with Gasteiger partial charge in [-0.05, 0) is 0 Å². The van der Waals surface area contributed by atoms with Gasteiger partial charge in [-0.3, -0.25) is 4.68 Å². The van der Waals surface area contributed by atoms with Crippen LogP contribution in [0, 0.1) is 0 Å². The van der Waals surface area contributed by atoms with Gasteiger partial charge in [0.1, 0.15) is 0 Å². The lowest BCUT2D eigenvalue weighted by molar-refractivity contribution is 0.183. The monoisotopic (exact) mass is 184 g/mol. The lowest BCUT2D eigenvalue weighted by Crippen LogP contribution is -2.33. The molecular weight excluding hydrogens is 168 g/mol. The van der Waals surface area contributed by atoms with Gasteiger partial charge in [-0.2, -0.15) is 5.10 Å². The molecule has 1 unspecified atom stereocenters. The van der Waals surface area contributed by atoms with Gasteiger partial charge >= 0.3 is 0 Å². The summed E-state index contributed by atoms with van der Waals surface area (Å²) in [6, 6.07) is 0.0187. The zero-order valence-corrected chi connectivity index (χ0v) is 8.03. The molecule has 0 spiro atoms. The Labute approximate surface area is 77.9 Å². The maximum atomic E-state index is 5.72. The number of ether oxygens (including phenoxy) is 1. The number of aryl methyl sites for hydroxylation is 1. The van der Waals surface area contributed by atoms with E-state index in [1.165, 1.54) is 0 Å². The average Bonchev–Trinajstić information content (AvgIpc) is 2.49. The molecule has 0 bridgehead atoms.